The van der Waals surface area contributed by atoms with Crippen molar-refractivity contribution >= 4 is 32.7 Å². The van der Waals surface area contributed by atoms with E-state index in [0.717, 1.165) is 32.2 Å². The van der Waals surface area contributed by atoms with Crippen LogP contribution >= 0.6 is 15.9 Å². The van der Waals surface area contributed by atoms with Crippen molar-refractivity contribution < 1.29 is 9.90 Å². The normalized spacial score (nSPS) is 13.1. The monoisotopic (exact) mass is 447 g/mol. The summed E-state index contributed by atoms with van der Waals surface area (Å²) in [6, 6.07) is 19.5. The summed E-state index contributed by atoms with van der Waals surface area (Å²) in [5.41, 5.74) is 5.30. The molecule has 5 rings (SSSR count). The molecule has 0 unspecified atom stereocenters. The summed E-state index contributed by atoms with van der Waals surface area (Å²) in [5.74, 6) is -0.221. The predicted octanol–water partition coefficient (Wildman–Crippen LogP) is 4.78. The van der Waals surface area contributed by atoms with Crippen LogP contribution in [0.25, 0.3) is 10.9 Å². The Kier molecular flexibility index (Phi) is 4.36. The number of benzene rings is 3. The standard InChI is InChI=1S/C23H18BrN3O2/c24-17-7-6-15-12-27(13-16(15)9-17)23(29)19-10-18-20(8-14-4-2-1-3-5-14)25-26-21(18)11-22(19)28/h1-7,9-11,28H,8,12-13H2,(H,25,26). The molecule has 1 aliphatic rings. The maximum atomic E-state index is 13.2. The summed E-state index contributed by atoms with van der Waals surface area (Å²) in [6.45, 7) is 1.08. The lowest BCUT2D eigenvalue weighted by Crippen LogP contribution is -2.25. The van der Waals surface area contributed by atoms with E-state index in [-0.39, 0.29) is 11.7 Å². The van der Waals surface area contributed by atoms with Crippen LogP contribution < -0.4 is 0 Å². The maximum absolute atomic E-state index is 13.2. The molecular weight excluding hydrogens is 430 g/mol. The van der Waals surface area contributed by atoms with Gasteiger partial charge in [-0.25, -0.2) is 0 Å². The number of rotatable bonds is 3. The zero-order chi connectivity index (χ0) is 20.0. The average Bonchev–Trinajstić information content (AvgIpc) is 3.31. The molecule has 1 amide bonds. The largest absolute Gasteiger partial charge is 0.507 e. The second kappa shape index (κ2) is 7.04. The Morgan fingerprint density at radius 2 is 1.86 bits per heavy atom. The first kappa shape index (κ1) is 17.9. The third kappa shape index (κ3) is 3.29. The van der Waals surface area contributed by atoms with Crippen molar-refractivity contribution in [2.45, 2.75) is 19.5 Å². The van der Waals surface area contributed by atoms with Gasteiger partial charge in [-0.15, -0.1) is 0 Å². The number of aromatic amines is 1. The van der Waals surface area contributed by atoms with E-state index in [0.29, 0.717) is 30.6 Å². The number of hydrogen-bond acceptors (Lipinski definition) is 3. The van der Waals surface area contributed by atoms with Gasteiger partial charge in [0.2, 0.25) is 0 Å². The minimum Gasteiger partial charge on any atom is -0.507 e. The molecule has 0 bridgehead atoms. The van der Waals surface area contributed by atoms with Crippen LogP contribution in [-0.4, -0.2) is 26.1 Å². The molecule has 1 aromatic heterocycles. The number of nitrogens with one attached hydrogen (secondary N) is 1. The van der Waals surface area contributed by atoms with Crippen molar-refractivity contribution in [3.05, 3.63) is 93.1 Å². The van der Waals surface area contributed by atoms with E-state index in [9.17, 15) is 9.90 Å². The number of fused-ring (bicyclic) bond motifs is 2. The van der Waals surface area contributed by atoms with Crippen LogP contribution in [0.4, 0.5) is 0 Å². The molecule has 2 heterocycles. The Bertz CT molecular complexity index is 1230. The summed E-state index contributed by atoms with van der Waals surface area (Å²) in [5, 5.41) is 18.7. The lowest BCUT2D eigenvalue weighted by atomic mass is 10.0. The van der Waals surface area contributed by atoms with Crippen molar-refractivity contribution in [2.75, 3.05) is 0 Å². The molecule has 0 atom stereocenters. The third-order valence-corrected chi connectivity index (χ3v) is 5.88. The lowest BCUT2D eigenvalue weighted by Gasteiger charge is -2.16. The molecule has 0 saturated heterocycles. The Labute approximate surface area is 176 Å². The van der Waals surface area contributed by atoms with E-state index >= 15 is 0 Å². The second-order valence-electron chi connectivity index (χ2n) is 7.33. The van der Waals surface area contributed by atoms with Crippen LogP contribution in [0, 0.1) is 0 Å². The Morgan fingerprint density at radius 3 is 2.69 bits per heavy atom. The predicted molar refractivity (Wildman–Crippen MR) is 115 cm³/mol. The molecular formula is C23H18BrN3O2. The van der Waals surface area contributed by atoms with Gasteiger partial charge >= 0.3 is 0 Å². The highest BCUT2D eigenvalue weighted by atomic mass is 79.9. The van der Waals surface area contributed by atoms with Gasteiger partial charge in [0.1, 0.15) is 5.75 Å². The van der Waals surface area contributed by atoms with Gasteiger partial charge in [-0.05, 0) is 34.9 Å². The second-order valence-corrected chi connectivity index (χ2v) is 8.24. The molecule has 0 aliphatic carbocycles. The van der Waals surface area contributed by atoms with Gasteiger partial charge in [0.05, 0.1) is 11.1 Å². The smallest absolute Gasteiger partial charge is 0.258 e. The van der Waals surface area contributed by atoms with Crippen LogP contribution in [-0.2, 0) is 19.5 Å². The van der Waals surface area contributed by atoms with Crippen molar-refractivity contribution in [1.29, 1.82) is 0 Å². The highest BCUT2D eigenvalue weighted by Gasteiger charge is 2.27. The fourth-order valence-electron chi connectivity index (χ4n) is 3.88. The third-order valence-electron chi connectivity index (χ3n) is 5.38. The SMILES string of the molecule is O=C(c1cc2c(Cc3ccccc3)[nH]nc2cc1O)N1Cc2ccc(Br)cc2C1. The number of aromatic hydroxyl groups is 1. The van der Waals surface area contributed by atoms with E-state index in [1.54, 1.807) is 17.0 Å². The Balaban J connectivity index is 1.48. The molecule has 2 N–H and O–H groups in total. The zero-order valence-electron chi connectivity index (χ0n) is 15.5. The first-order valence-corrected chi connectivity index (χ1v) is 10.2. The number of nitrogens with zero attached hydrogens (tertiary/aromatic N) is 2. The highest BCUT2D eigenvalue weighted by Crippen LogP contribution is 2.31. The topological polar surface area (TPSA) is 69.2 Å². The van der Waals surface area contributed by atoms with E-state index < -0.39 is 0 Å². The first-order chi connectivity index (χ1) is 14.1. The van der Waals surface area contributed by atoms with Crippen LogP contribution in [0.5, 0.6) is 5.75 Å². The highest BCUT2D eigenvalue weighted by molar-refractivity contribution is 9.10. The minimum absolute atomic E-state index is 0.0441. The number of H-pyrrole nitrogens is 1. The number of aromatic nitrogens is 2. The molecule has 144 valence electrons. The maximum Gasteiger partial charge on any atom is 0.258 e. The molecule has 0 saturated carbocycles. The Morgan fingerprint density at radius 1 is 1.07 bits per heavy atom. The van der Waals surface area contributed by atoms with Crippen LogP contribution in [0.3, 0.4) is 0 Å². The van der Waals surface area contributed by atoms with E-state index in [2.05, 4.69) is 38.3 Å². The molecule has 0 fully saturated rings. The van der Waals surface area contributed by atoms with Gasteiger partial charge in [0.15, 0.2) is 0 Å². The molecule has 4 aromatic rings. The number of carbonyl (C=O) groups excluding carboxylic acids is 1. The van der Waals surface area contributed by atoms with Crippen molar-refractivity contribution in [1.82, 2.24) is 15.1 Å². The average molecular weight is 448 g/mol. The number of amides is 1. The van der Waals surface area contributed by atoms with Crippen LogP contribution in [0.1, 0.15) is 32.7 Å². The first-order valence-electron chi connectivity index (χ1n) is 9.39. The fraction of sp³-hybridized carbons (Fsp3) is 0.130. The van der Waals surface area contributed by atoms with Gasteiger partial charge < -0.3 is 10.0 Å². The number of phenolic OH excluding ortho intramolecular Hbond substituents is 1. The van der Waals surface area contributed by atoms with Gasteiger partial charge in [-0.1, -0.05) is 52.3 Å². The van der Waals surface area contributed by atoms with Gasteiger partial charge in [-0.3, -0.25) is 9.89 Å². The van der Waals surface area contributed by atoms with Gasteiger partial charge in [0, 0.05) is 41.1 Å². The van der Waals surface area contributed by atoms with E-state index in [4.69, 9.17) is 0 Å². The zero-order valence-corrected chi connectivity index (χ0v) is 17.1. The summed E-state index contributed by atoms with van der Waals surface area (Å²) in [6.07, 6.45) is 0.679. The van der Waals surface area contributed by atoms with E-state index in [1.165, 1.54) is 0 Å². The minimum atomic E-state index is -0.177. The molecule has 5 nitrogen and oxygen atoms in total. The molecule has 6 heteroatoms. The fourth-order valence-corrected chi connectivity index (χ4v) is 4.29. The molecule has 0 spiro atoms. The van der Waals surface area contributed by atoms with Crippen molar-refractivity contribution in [3.63, 3.8) is 0 Å². The Hall–Kier alpha value is -3.12. The summed E-state index contributed by atoms with van der Waals surface area (Å²) in [4.78, 5) is 14.9. The number of carbonyl (C=O) groups is 1. The van der Waals surface area contributed by atoms with E-state index in [1.807, 2.05) is 36.4 Å². The van der Waals surface area contributed by atoms with Crippen LogP contribution in [0.15, 0.2) is 65.1 Å². The summed E-state index contributed by atoms with van der Waals surface area (Å²) < 4.78 is 0.999. The van der Waals surface area contributed by atoms with Crippen molar-refractivity contribution in [2.24, 2.45) is 0 Å². The van der Waals surface area contributed by atoms with Crippen molar-refractivity contribution in [3.8, 4) is 5.75 Å². The quantitative estimate of drug-likeness (QED) is 0.474. The number of hydrogen-bond donors (Lipinski definition) is 2. The summed E-state index contributed by atoms with van der Waals surface area (Å²) >= 11 is 3.48. The number of phenols is 1. The molecule has 3 aromatic carbocycles. The lowest BCUT2D eigenvalue weighted by molar-refractivity contribution is 0.0748. The number of halogens is 1. The van der Waals surface area contributed by atoms with Gasteiger partial charge in [-0.2, -0.15) is 5.10 Å². The molecule has 1 aliphatic heterocycles. The molecule has 0 radical (unpaired) electrons. The van der Waals surface area contributed by atoms with Gasteiger partial charge in [0.25, 0.3) is 5.91 Å². The van der Waals surface area contributed by atoms with Crippen LogP contribution in [0.2, 0.25) is 0 Å². The summed E-state index contributed by atoms with van der Waals surface area (Å²) in [7, 11) is 0. The molecule has 29 heavy (non-hydrogen) atoms.